The number of nitrogen functional groups attached to an aromatic ring is 1. The summed E-state index contributed by atoms with van der Waals surface area (Å²) in [5.74, 6) is 0.761. The molecule has 0 saturated carbocycles. The number of amides is 1. The first-order chi connectivity index (χ1) is 16.0. The summed E-state index contributed by atoms with van der Waals surface area (Å²) in [5, 5.41) is 5.22. The molecule has 168 valence electrons. The van der Waals surface area contributed by atoms with E-state index in [1.807, 2.05) is 35.2 Å². The number of aryl methyl sites for hydroxylation is 1. The van der Waals surface area contributed by atoms with Crippen molar-refractivity contribution in [2.45, 2.75) is 26.3 Å². The van der Waals surface area contributed by atoms with E-state index in [1.165, 1.54) is 17.4 Å². The molecule has 0 bridgehead atoms. The average Bonchev–Trinajstić information content (AvgIpc) is 3.33. The van der Waals surface area contributed by atoms with Crippen LogP contribution in [-0.4, -0.2) is 43.6 Å². The SMILES string of the molecule is Cc1cc(-c2nc(-c3ccccc3)n(CC(=O)N3CCc4nc(N)sc4CC3)n2)ccc1F. The number of carbonyl (C=O) groups excluding carboxylic acids is 1. The minimum atomic E-state index is -0.275. The Bertz CT molecular complexity index is 1290. The van der Waals surface area contributed by atoms with Crippen molar-refractivity contribution in [3.63, 3.8) is 0 Å². The van der Waals surface area contributed by atoms with Crippen LogP contribution >= 0.6 is 11.3 Å². The van der Waals surface area contributed by atoms with Crippen LogP contribution in [0.5, 0.6) is 0 Å². The molecule has 2 aromatic carbocycles. The van der Waals surface area contributed by atoms with Crippen LogP contribution in [0.25, 0.3) is 22.8 Å². The summed E-state index contributed by atoms with van der Waals surface area (Å²) < 4.78 is 15.4. The van der Waals surface area contributed by atoms with Crippen LogP contribution in [0.4, 0.5) is 9.52 Å². The van der Waals surface area contributed by atoms with Gasteiger partial charge in [0.25, 0.3) is 0 Å². The molecule has 33 heavy (non-hydrogen) atoms. The summed E-state index contributed by atoms with van der Waals surface area (Å²) >= 11 is 1.50. The van der Waals surface area contributed by atoms with Crippen LogP contribution < -0.4 is 5.73 Å². The Labute approximate surface area is 194 Å². The molecule has 2 aromatic heterocycles. The van der Waals surface area contributed by atoms with Gasteiger partial charge in [-0.2, -0.15) is 0 Å². The summed E-state index contributed by atoms with van der Waals surface area (Å²) in [5.41, 5.74) is 8.92. The molecule has 1 amide bonds. The summed E-state index contributed by atoms with van der Waals surface area (Å²) in [6.07, 6.45) is 1.44. The molecule has 0 atom stereocenters. The van der Waals surface area contributed by atoms with E-state index in [0.717, 1.165) is 22.6 Å². The molecule has 9 heteroatoms. The van der Waals surface area contributed by atoms with Crippen molar-refractivity contribution in [3.05, 3.63) is 70.5 Å². The topological polar surface area (TPSA) is 89.9 Å². The van der Waals surface area contributed by atoms with E-state index in [2.05, 4.69) is 10.1 Å². The molecule has 3 heterocycles. The quantitative estimate of drug-likeness (QED) is 0.499. The van der Waals surface area contributed by atoms with Crippen LogP contribution in [0.2, 0.25) is 0 Å². The first-order valence-corrected chi connectivity index (χ1v) is 11.6. The van der Waals surface area contributed by atoms with Gasteiger partial charge in [-0.15, -0.1) is 16.4 Å². The van der Waals surface area contributed by atoms with Crippen molar-refractivity contribution in [2.24, 2.45) is 0 Å². The van der Waals surface area contributed by atoms with Crippen molar-refractivity contribution in [2.75, 3.05) is 18.8 Å². The number of carbonyl (C=O) groups is 1. The van der Waals surface area contributed by atoms with Gasteiger partial charge in [0.1, 0.15) is 12.4 Å². The predicted molar refractivity (Wildman–Crippen MR) is 126 cm³/mol. The maximum Gasteiger partial charge on any atom is 0.244 e. The fourth-order valence-electron chi connectivity index (χ4n) is 4.02. The third-order valence-electron chi connectivity index (χ3n) is 5.78. The number of anilines is 1. The van der Waals surface area contributed by atoms with E-state index in [1.54, 1.807) is 23.7 Å². The summed E-state index contributed by atoms with van der Waals surface area (Å²) in [6.45, 7) is 2.99. The molecule has 0 unspecified atom stereocenters. The van der Waals surface area contributed by atoms with Gasteiger partial charge in [-0.1, -0.05) is 30.3 Å². The van der Waals surface area contributed by atoms with Gasteiger partial charge < -0.3 is 10.6 Å². The molecule has 0 aliphatic carbocycles. The lowest BCUT2D eigenvalue weighted by atomic mass is 10.1. The first-order valence-electron chi connectivity index (χ1n) is 10.8. The molecule has 5 rings (SSSR count). The van der Waals surface area contributed by atoms with E-state index in [9.17, 15) is 9.18 Å². The Hall–Kier alpha value is -3.59. The number of aromatic nitrogens is 4. The van der Waals surface area contributed by atoms with Gasteiger partial charge in [-0.25, -0.2) is 19.0 Å². The van der Waals surface area contributed by atoms with Crippen LogP contribution in [-0.2, 0) is 24.2 Å². The van der Waals surface area contributed by atoms with Crippen molar-refractivity contribution in [1.82, 2.24) is 24.6 Å². The summed E-state index contributed by atoms with van der Waals surface area (Å²) in [4.78, 5) is 25.3. The Kier molecular flexibility index (Phi) is 5.63. The minimum Gasteiger partial charge on any atom is -0.375 e. The molecular weight excluding hydrogens is 439 g/mol. The Morgan fingerprint density at radius 2 is 1.88 bits per heavy atom. The number of hydrogen-bond acceptors (Lipinski definition) is 6. The van der Waals surface area contributed by atoms with Crippen LogP contribution in [0.1, 0.15) is 16.1 Å². The molecule has 7 nitrogen and oxygen atoms in total. The van der Waals surface area contributed by atoms with E-state index in [-0.39, 0.29) is 18.3 Å². The molecule has 2 N–H and O–H groups in total. The largest absolute Gasteiger partial charge is 0.375 e. The average molecular weight is 463 g/mol. The molecule has 0 saturated heterocycles. The third-order valence-corrected chi connectivity index (χ3v) is 6.77. The first kappa shape index (κ1) is 21.3. The maximum atomic E-state index is 13.8. The smallest absolute Gasteiger partial charge is 0.244 e. The lowest BCUT2D eigenvalue weighted by molar-refractivity contribution is -0.131. The lowest BCUT2D eigenvalue weighted by Crippen LogP contribution is -2.36. The lowest BCUT2D eigenvalue weighted by Gasteiger charge is -2.20. The number of nitrogens with zero attached hydrogens (tertiary/aromatic N) is 5. The molecule has 4 aromatic rings. The van der Waals surface area contributed by atoms with Gasteiger partial charge in [0.05, 0.1) is 5.69 Å². The second-order valence-electron chi connectivity index (χ2n) is 8.05. The van der Waals surface area contributed by atoms with E-state index >= 15 is 0 Å². The molecule has 1 aliphatic rings. The van der Waals surface area contributed by atoms with E-state index in [4.69, 9.17) is 10.7 Å². The second-order valence-corrected chi connectivity index (χ2v) is 9.16. The Morgan fingerprint density at radius 3 is 2.67 bits per heavy atom. The normalized spacial score (nSPS) is 13.6. The van der Waals surface area contributed by atoms with Gasteiger partial charge >= 0.3 is 0 Å². The monoisotopic (exact) mass is 462 g/mol. The number of thiazole rings is 1. The highest BCUT2D eigenvalue weighted by Gasteiger charge is 2.23. The van der Waals surface area contributed by atoms with Crippen molar-refractivity contribution >= 4 is 22.4 Å². The van der Waals surface area contributed by atoms with Crippen molar-refractivity contribution in [3.8, 4) is 22.8 Å². The van der Waals surface area contributed by atoms with Gasteiger partial charge in [0.15, 0.2) is 16.8 Å². The highest BCUT2D eigenvalue weighted by molar-refractivity contribution is 7.15. The third kappa shape index (κ3) is 4.36. The van der Waals surface area contributed by atoms with Gasteiger partial charge in [-0.05, 0) is 30.7 Å². The molecule has 0 fully saturated rings. The van der Waals surface area contributed by atoms with Gasteiger partial charge in [0, 0.05) is 41.9 Å². The van der Waals surface area contributed by atoms with Crippen LogP contribution in [0.15, 0.2) is 48.5 Å². The zero-order chi connectivity index (χ0) is 22.9. The maximum absolute atomic E-state index is 13.8. The van der Waals surface area contributed by atoms with Crippen molar-refractivity contribution < 1.29 is 9.18 Å². The van der Waals surface area contributed by atoms with E-state index < -0.39 is 0 Å². The summed E-state index contributed by atoms with van der Waals surface area (Å²) in [6, 6.07) is 14.4. The molecule has 1 aliphatic heterocycles. The fraction of sp³-hybridized carbons (Fsp3) is 0.250. The standard InChI is InChI=1S/C24H23FN6OS/c1-15-13-17(7-8-18(15)25)22-28-23(16-5-3-2-4-6-16)31(29-22)14-21(32)30-11-9-19-20(10-12-30)33-24(26)27-19/h2-8,13H,9-12,14H2,1H3,(H2,26,27). The second kappa shape index (κ2) is 8.74. The minimum absolute atomic E-state index is 0.0259. The Balaban J connectivity index is 1.42. The molecular formula is C24H23FN6OS. The van der Waals surface area contributed by atoms with Gasteiger partial charge in [0.2, 0.25) is 5.91 Å². The number of halogens is 1. The highest BCUT2D eigenvalue weighted by Crippen LogP contribution is 2.26. The van der Waals surface area contributed by atoms with Crippen LogP contribution in [0, 0.1) is 12.7 Å². The Morgan fingerprint density at radius 1 is 1.09 bits per heavy atom. The van der Waals surface area contributed by atoms with Crippen LogP contribution in [0.3, 0.4) is 0 Å². The molecule has 0 radical (unpaired) electrons. The zero-order valence-corrected chi connectivity index (χ0v) is 19.0. The number of rotatable bonds is 4. The number of fused-ring (bicyclic) bond motifs is 1. The molecule has 0 spiro atoms. The zero-order valence-electron chi connectivity index (χ0n) is 18.2. The fourth-order valence-corrected chi connectivity index (χ4v) is 4.89. The van der Waals surface area contributed by atoms with Gasteiger partial charge in [-0.3, -0.25) is 4.79 Å². The van der Waals surface area contributed by atoms with E-state index in [0.29, 0.717) is 47.4 Å². The van der Waals surface area contributed by atoms with Crippen molar-refractivity contribution in [1.29, 1.82) is 0 Å². The number of nitrogens with two attached hydrogens (primary N) is 1. The number of benzene rings is 2. The number of hydrogen-bond donors (Lipinski definition) is 1. The summed E-state index contributed by atoms with van der Waals surface area (Å²) in [7, 11) is 0. The predicted octanol–water partition coefficient (Wildman–Crippen LogP) is 3.73. The highest BCUT2D eigenvalue weighted by atomic mass is 32.1.